The minimum absolute atomic E-state index is 0.0223. The molecule has 7 nitrogen and oxygen atoms in total. The highest BCUT2D eigenvalue weighted by molar-refractivity contribution is 6.20. The molecular formula is C22H31N5O2. The number of fused-ring (bicyclic) bond motifs is 1. The molecule has 1 aliphatic heterocycles. The van der Waals surface area contributed by atoms with E-state index in [1.807, 2.05) is 24.8 Å². The molecule has 29 heavy (non-hydrogen) atoms. The molecular weight excluding hydrogens is 366 g/mol. The molecule has 0 unspecified atom stereocenters. The summed E-state index contributed by atoms with van der Waals surface area (Å²) in [5, 5.41) is 2.94. The molecule has 2 aliphatic rings. The van der Waals surface area contributed by atoms with Gasteiger partial charge in [-0.1, -0.05) is 26.5 Å². The van der Waals surface area contributed by atoms with Crippen molar-refractivity contribution in [2.45, 2.75) is 52.6 Å². The van der Waals surface area contributed by atoms with E-state index in [0.29, 0.717) is 43.2 Å². The number of hydrogen-bond donors (Lipinski definition) is 1. The average molecular weight is 398 g/mol. The lowest BCUT2D eigenvalue weighted by atomic mass is 9.99. The summed E-state index contributed by atoms with van der Waals surface area (Å²) >= 11 is 0. The van der Waals surface area contributed by atoms with Crippen molar-refractivity contribution in [2.24, 2.45) is 5.92 Å². The Morgan fingerprint density at radius 1 is 1.31 bits per heavy atom. The van der Waals surface area contributed by atoms with E-state index in [4.69, 9.17) is 4.98 Å². The zero-order valence-electron chi connectivity index (χ0n) is 17.8. The van der Waals surface area contributed by atoms with Gasteiger partial charge in [-0.05, 0) is 32.3 Å². The van der Waals surface area contributed by atoms with Gasteiger partial charge in [0.2, 0.25) is 5.91 Å². The van der Waals surface area contributed by atoms with E-state index in [-0.39, 0.29) is 23.9 Å². The highest BCUT2D eigenvalue weighted by Gasteiger charge is 2.31. The molecule has 3 rings (SSSR count). The zero-order chi connectivity index (χ0) is 21.1. The van der Waals surface area contributed by atoms with E-state index in [1.165, 1.54) is 6.08 Å². The van der Waals surface area contributed by atoms with Crippen molar-refractivity contribution < 1.29 is 9.59 Å². The second-order valence-electron chi connectivity index (χ2n) is 8.44. The monoisotopic (exact) mass is 397 g/mol. The second kappa shape index (κ2) is 8.76. The molecule has 0 saturated carbocycles. The van der Waals surface area contributed by atoms with Crippen LogP contribution in [0.25, 0.3) is 5.57 Å². The number of rotatable bonds is 6. The summed E-state index contributed by atoms with van der Waals surface area (Å²) in [4.78, 5) is 38.2. The maximum Gasteiger partial charge on any atom is 0.253 e. The summed E-state index contributed by atoms with van der Waals surface area (Å²) in [6.45, 7) is 13.8. The molecule has 0 aromatic carbocycles. The molecule has 2 amide bonds. The van der Waals surface area contributed by atoms with Gasteiger partial charge in [-0.3, -0.25) is 14.6 Å². The van der Waals surface area contributed by atoms with Gasteiger partial charge in [0.1, 0.15) is 5.82 Å². The SMILES string of the molecule is C=CC(=O)N1CCN(c2cnc3c(n2)C(C(=O)NC(C)C)=CC3)C[C@@H]1CC(C)C. The fourth-order valence-electron chi connectivity index (χ4n) is 3.97. The van der Waals surface area contributed by atoms with Crippen LogP contribution in [0.2, 0.25) is 0 Å². The van der Waals surface area contributed by atoms with Crippen molar-refractivity contribution in [3.63, 3.8) is 0 Å². The van der Waals surface area contributed by atoms with Gasteiger partial charge in [0, 0.05) is 38.1 Å². The minimum Gasteiger partial charge on any atom is -0.351 e. The Kier molecular flexibility index (Phi) is 6.35. The summed E-state index contributed by atoms with van der Waals surface area (Å²) in [6.07, 6.45) is 6.61. The maximum atomic E-state index is 12.5. The largest absolute Gasteiger partial charge is 0.351 e. The van der Waals surface area contributed by atoms with Crippen LogP contribution in [0.4, 0.5) is 5.82 Å². The van der Waals surface area contributed by atoms with Gasteiger partial charge in [0.15, 0.2) is 0 Å². The fourth-order valence-corrected chi connectivity index (χ4v) is 3.97. The number of piperazine rings is 1. The van der Waals surface area contributed by atoms with Crippen molar-refractivity contribution in [1.29, 1.82) is 0 Å². The number of carbonyl (C=O) groups excluding carboxylic acids is 2. The molecule has 1 aromatic heterocycles. The third-order valence-electron chi connectivity index (χ3n) is 5.26. The standard InChI is InChI=1S/C22H31N5O2/c1-6-20(28)27-10-9-26(13-16(27)11-14(2)3)19-12-23-18-8-7-17(21(18)25-19)22(29)24-15(4)5/h6-7,12,14-16H,1,8-11,13H2,2-5H3,(H,24,29)/t16-/m0/s1. The van der Waals surface area contributed by atoms with Gasteiger partial charge in [0.05, 0.1) is 23.2 Å². The number of allylic oxidation sites excluding steroid dienone is 1. The molecule has 1 fully saturated rings. The molecule has 0 spiro atoms. The van der Waals surface area contributed by atoms with E-state index in [0.717, 1.165) is 17.9 Å². The number of nitrogens with zero attached hydrogens (tertiary/aromatic N) is 4. The number of anilines is 1. The van der Waals surface area contributed by atoms with Crippen LogP contribution in [0.15, 0.2) is 24.9 Å². The first-order chi connectivity index (χ1) is 13.8. The summed E-state index contributed by atoms with van der Waals surface area (Å²) in [7, 11) is 0. The Morgan fingerprint density at radius 3 is 2.72 bits per heavy atom. The lowest BCUT2D eigenvalue weighted by molar-refractivity contribution is -0.129. The first-order valence-corrected chi connectivity index (χ1v) is 10.4. The predicted octanol–water partition coefficient (Wildman–Crippen LogP) is 2.19. The summed E-state index contributed by atoms with van der Waals surface area (Å²) in [6, 6.07) is 0.166. The number of aromatic nitrogens is 2. The van der Waals surface area contributed by atoms with E-state index >= 15 is 0 Å². The van der Waals surface area contributed by atoms with E-state index in [1.54, 1.807) is 6.20 Å². The quantitative estimate of drug-likeness (QED) is 0.745. The average Bonchev–Trinajstić information content (AvgIpc) is 3.09. The van der Waals surface area contributed by atoms with Crippen molar-refractivity contribution in [3.05, 3.63) is 36.3 Å². The van der Waals surface area contributed by atoms with Crippen molar-refractivity contribution in [2.75, 3.05) is 24.5 Å². The van der Waals surface area contributed by atoms with Crippen LogP contribution >= 0.6 is 0 Å². The zero-order valence-corrected chi connectivity index (χ0v) is 17.8. The van der Waals surface area contributed by atoms with Crippen LogP contribution < -0.4 is 10.2 Å². The summed E-state index contributed by atoms with van der Waals surface area (Å²) in [5.41, 5.74) is 2.11. The van der Waals surface area contributed by atoms with Gasteiger partial charge in [-0.25, -0.2) is 4.98 Å². The van der Waals surface area contributed by atoms with Gasteiger partial charge >= 0.3 is 0 Å². The number of carbonyl (C=O) groups is 2. The first kappa shape index (κ1) is 21.0. The Bertz CT molecular complexity index is 830. The van der Waals surface area contributed by atoms with Crippen LogP contribution in [0.5, 0.6) is 0 Å². The second-order valence-corrected chi connectivity index (χ2v) is 8.44. The van der Waals surface area contributed by atoms with Crippen LogP contribution in [0.3, 0.4) is 0 Å². The fraction of sp³-hybridized carbons (Fsp3) is 0.545. The van der Waals surface area contributed by atoms with E-state index in [9.17, 15) is 9.59 Å². The smallest absolute Gasteiger partial charge is 0.253 e. The van der Waals surface area contributed by atoms with Crippen LogP contribution in [-0.4, -0.2) is 58.4 Å². The number of hydrogen-bond acceptors (Lipinski definition) is 5. The molecule has 1 aromatic rings. The molecule has 156 valence electrons. The third kappa shape index (κ3) is 4.66. The van der Waals surface area contributed by atoms with E-state index < -0.39 is 0 Å². The Hall–Kier alpha value is -2.70. The predicted molar refractivity (Wildman–Crippen MR) is 114 cm³/mol. The molecule has 7 heteroatoms. The van der Waals surface area contributed by atoms with Gasteiger partial charge < -0.3 is 15.1 Å². The highest BCUT2D eigenvalue weighted by atomic mass is 16.2. The number of nitrogens with one attached hydrogen (secondary N) is 1. The molecule has 1 atom stereocenters. The number of amides is 2. The summed E-state index contributed by atoms with van der Waals surface area (Å²) < 4.78 is 0. The van der Waals surface area contributed by atoms with Crippen molar-refractivity contribution in [3.8, 4) is 0 Å². The van der Waals surface area contributed by atoms with Gasteiger partial charge in [0.25, 0.3) is 5.91 Å². The first-order valence-electron chi connectivity index (χ1n) is 10.4. The Morgan fingerprint density at radius 2 is 2.07 bits per heavy atom. The Balaban J connectivity index is 1.81. The minimum atomic E-state index is -0.107. The summed E-state index contributed by atoms with van der Waals surface area (Å²) in [5.74, 6) is 1.10. The van der Waals surface area contributed by atoms with Crippen LogP contribution in [-0.2, 0) is 16.0 Å². The van der Waals surface area contributed by atoms with Crippen LogP contribution in [0.1, 0.15) is 45.5 Å². The lowest BCUT2D eigenvalue weighted by Crippen LogP contribution is -2.55. The van der Waals surface area contributed by atoms with E-state index in [2.05, 4.69) is 35.6 Å². The third-order valence-corrected chi connectivity index (χ3v) is 5.26. The Labute approximate surface area is 172 Å². The van der Waals surface area contributed by atoms with Crippen LogP contribution in [0, 0.1) is 5.92 Å². The molecule has 1 N–H and O–H groups in total. The highest BCUT2D eigenvalue weighted by Crippen LogP contribution is 2.28. The van der Waals surface area contributed by atoms with Gasteiger partial charge in [-0.15, -0.1) is 0 Å². The topological polar surface area (TPSA) is 78.4 Å². The lowest BCUT2D eigenvalue weighted by Gasteiger charge is -2.42. The molecule has 1 saturated heterocycles. The van der Waals surface area contributed by atoms with Gasteiger partial charge in [-0.2, -0.15) is 0 Å². The maximum absolute atomic E-state index is 12.5. The molecule has 2 heterocycles. The molecule has 0 bridgehead atoms. The van der Waals surface area contributed by atoms with Crippen molar-refractivity contribution in [1.82, 2.24) is 20.2 Å². The normalized spacial score (nSPS) is 18.7. The molecule has 1 aliphatic carbocycles. The van der Waals surface area contributed by atoms with Crippen molar-refractivity contribution >= 4 is 23.2 Å². The molecule has 0 radical (unpaired) electrons.